The van der Waals surface area contributed by atoms with Crippen molar-refractivity contribution in [3.8, 4) is 0 Å². The SMILES string of the molecule is Nc1ccc(NC(=O)c2cccc(C(=O)Nc3ccc(N)c([N+](=O)[O-])c3)n2)cc1[N+](=O)[O-]. The largest absolute Gasteiger partial charge is 0.393 e. The quantitative estimate of drug-likeness (QED) is 0.253. The number of nitrogens with one attached hydrogen (secondary N) is 2. The summed E-state index contributed by atoms with van der Waals surface area (Å²) in [4.78, 5) is 49.5. The topological polar surface area (TPSA) is 209 Å². The maximum absolute atomic E-state index is 12.5. The van der Waals surface area contributed by atoms with E-state index in [1.807, 2.05) is 0 Å². The van der Waals surface area contributed by atoms with Gasteiger partial charge in [-0.25, -0.2) is 4.98 Å². The molecule has 0 atom stereocenters. The summed E-state index contributed by atoms with van der Waals surface area (Å²) in [6.07, 6.45) is 0. The average molecular weight is 437 g/mol. The first-order valence-corrected chi connectivity index (χ1v) is 8.83. The minimum Gasteiger partial charge on any atom is -0.393 e. The van der Waals surface area contributed by atoms with Crippen LogP contribution in [0.1, 0.15) is 21.0 Å². The first-order valence-electron chi connectivity index (χ1n) is 8.83. The third-order valence-electron chi connectivity index (χ3n) is 4.18. The van der Waals surface area contributed by atoms with E-state index < -0.39 is 21.7 Å². The summed E-state index contributed by atoms with van der Waals surface area (Å²) in [5.41, 5.74) is 10.1. The van der Waals surface area contributed by atoms with Gasteiger partial charge in [0, 0.05) is 23.5 Å². The number of hydrogen-bond donors (Lipinski definition) is 4. The first-order chi connectivity index (χ1) is 15.2. The summed E-state index contributed by atoms with van der Waals surface area (Å²) in [5.74, 6) is -1.44. The van der Waals surface area contributed by atoms with Crippen molar-refractivity contribution in [1.29, 1.82) is 0 Å². The van der Waals surface area contributed by atoms with Crippen LogP contribution in [-0.2, 0) is 0 Å². The fourth-order valence-corrected chi connectivity index (χ4v) is 2.64. The molecular formula is C19H15N7O6. The maximum Gasteiger partial charge on any atom is 0.294 e. The lowest BCUT2D eigenvalue weighted by molar-refractivity contribution is -0.384. The van der Waals surface area contributed by atoms with Crippen LogP contribution in [-0.4, -0.2) is 26.6 Å². The van der Waals surface area contributed by atoms with Crippen molar-refractivity contribution in [3.05, 3.63) is 86.2 Å². The zero-order valence-electron chi connectivity index (χ0n) is 16.1. The van der Waals surface area contributed by atoms with Gasteiger partial charge in [-0.05, 0) is 36.4 Å². The molecular weight excluding hydrogens is 422 g/mol. The standard InChI is InChI=1S/C19H15N7O6/c20-12-6-4-10(8-16(12)25(29)30)22-18(27)14-2-1-3-15(24-14)19(28)23-11-5-7-13(21)17(9-11)26(31)32/h1-9H,20-21H2,(H,22,27)(H,23,28). The second kappa shape index (κ2) is 8.74. The molecule has 2 aromatic carbocycles. The Morgan fingerprint density at radius 3 is 1.53 bits per heavy atom. The lowest BCUT2D eigenvalue weighted by atomic mass is 10.2. The van der Waals surface area contributed by atoms with Crippen molar-refractivity contribution >= 4 is 45.9 Å². The van der Waals surface area contributed by atoms with Gasteiger partial charge in [0.1, 0.15) is 22.8 Å². The average Bonchev–Trinajstić information content (AvgIpc) is 2.76. The number of hydrogen-bond acceptors (Lipinski definition) is 9. The first kappa shape index (κ1) is 21.6. The number of pyridine rings is 1. The van der Waals surface area contributed by atoms with Gasteiger partial charge < -0.3 is 22.1 Å². The fraction of sp³-hybridized carbons (Fsp3) is 0. The minimum absolute atomic E-state index is 0.0623. The Kier molecular flexibility index (Phi) is 5.91. The highest BCUT2D eigenvalue weighted by molar-refractivity contribution is 6.06. The van der Waals surface area contributed by atoms with Gasteiger partial charge in [-0.2, -0.15) is 0 Å². The van der Waals surface area contributed by atoms with Gasteiger partial charge in [0.25, 0.3) is 23.2 Å². The van der Waals surface area contributed by atoms with E-state index in [1.54, 1.807) is 0 Å². The Bertz CT molecular complexity index is 1170. The molecule has 2 amide bonds. The van der Waals surface area contributed by atoms with Crippen LogP contribution in [0, 0.1) is 20.2 Å². The number of carbonyl (C=O) groups is 2. The molecule has 0 aliphatic rings. The van der Waals surface area contributed by atoms with Crippen LogP contribution >= 0.6 is 0 Å². The van der Waals surface area contributed by atoms with Crippen LogP contribution in [0.3, 0.4) is 0 Å². The zero-order valence-corrected chi connectivity index (χ0v) is 16.1. The highest BCUT2D eigenvalue weighted by Gasteiger charge is 2.17. The Balaban J connectivity index is 1.78. The van der Waals surface area contributed by atoms with E-state index in [-0.39, 0.29) is 45.5 Å². The number of carbonyl (C=O) groups excluding carboxylic acids is 2. The molecule has 32 heavy (non-hydrogen) atoms. The third-order valence-corrected chi connectivity index (χ3v) is 4.18. The van der Waals surface area contributed by atoms with Crippen molar-refractivity contribution < 1.29 is 19.4 Å². The number of anilines is 4. The molecule has 0 aliphatic carbocycles. The van der Waals surface area contributed by atoms with Crippen LogP contribution in [0.5, 0.6) is 0 Å². The van der Waals surface area contributed by atoms with Crippen molar-refractivity contribution in [2.75, 3.05) is 22.1 Å². The number of amides is 2. The lowest BCUT2D eigenvalue weighted by Gasteiger charge is -2.08. The van der Waals surface area contributed by atoms with Crippen LogP contribution in [0.2, 0.25) is 0 Å². The summed E-state index contributed by atoms with van der Waals surface area (Å²) in [6.45, 7) is 0. The Morgan fingerprint density at radius 1 is 0.750 bits per heavy atom. The predicted octanol–water partition coefficient (Wildman–Crippen LogP) is 2.57. The lowest BCUT2D eigenvalue weighted by Crippen LogP contribution is -2.18. The van der Waals surface area contributed by atoms with Gasteiger partial charge in [0.05, 0.1) is 9.85 Å². The number of nitrogen functional groups attached to an aromatic ring is 2. The Labute approximate surface area is 179 Å². The van der Waals surface area contributed by atoms with E-state index >= 15 is 0 Å². The number of aromatic nitrogens is 1. The molecule has 0 radical (unpaired) electrons. The zero-order chi connectivity index (χ0) is 23.4. The molecule has 1 heterocycles. The van der Waals surface area contributed by atoms with Crippen LogP contribution < -0.4 is 22.1 Å². The summed E-state index contributed by atoms with van der Waals surface area (Å²) in [7, 11) is 0. The number of nitrogens with zero attached hydrogens (tertiary/aromatic N) is 3. The van der Waals surface area contributed by atoms with E-state index in [9.17, 15) is 29.8 Å². The minimum atomic E-state index is -0.721. The van der Waals surface area contributed by atoms with Crippen molar-refractivity contribution in [1.82, 2.24) is 4.98 Å². The van der Waals surface area contributed by atoms with Gasteiger partial charge in [-0.3, -0.25) is 29.8 Å². The number of benzene rings is 2. The number of nitro groups is 2. The van der Waals surface area contributed by atoms with Crippen LogP contribution in [0.4, 0.5) is 34.1 Å². The monoisotopic (exact) mass is 437 g/mol. The van der Waals surface area contributed by atoms with E-state index in [4.69, 9.17) is 11.5 Å². The van der Waals surface area contributed by atoms with Gasteiger partial charge in [-0.1, -0.05) is 6.07 Å². The molecule has 3 aromatic rings. The molecule has 13 heteroatoms. The summed E-state index contributed by atoms with van der Waals surface area (Å²) in [5, 5.41) is 26.9. The van der Waals surface area contributed by atoms with Crippen molar-refractivity contribution in [2.24, 2.45) is 0 Å². The van der Waals surface area contributed by atoms with Crippen molar-refractivity contribution in [3.63, 3.8) is 0 Å². The van der Waals surface area contributed by atoms with E-state index in [1.165, 1.54) is 42.5 Å². The molecule has 0 fully saturated rings. The fourth-order valence-electron chi connectivity index (χ4n) is 2.64. The molecule has 3 rings (SSSR count). The highest BCUT2D eigenvalue weighted by atomic mass is 16.6. The molecule has 1 aromatic heterocycles. The molecule has 13 nitrogen and oxygen atoms in total. The second-order valence-electron chi connectivity index (χ2n) is 6.38. The van der Waals surface area contributed by atoms with E-state index in [2.05, 4.69) is 15.6 Å². The molecule has 0 unspecified atom stereocenters. The van der Waals surface area contributed by atoms with Gasteiger partial charge in [0.2, 0.25) is 0 Å². The third kappa shape index (κ3) is 4.73. The highest BCUT2D eigenvalue weighted by Crippen LogP contribution is 2.26. The van der Waals surface area contributed by atoms with E-state index in [0.29, 0.717) is 0 Å². The molecule has 0 bridgehead atoms. The molecule has 0 aliphatic heterocycles. The van der Waals surface area contributed by atoms with Crippen LogP contribution in [0.25, 0.3) is 0 Å². The second-order valence-corrected chi connectivity index (χ2v) is 6.38. The summed E-state index contributed by atoms with van der Waals surface area (Å²) < 4.78 is 0. The molecule has 0 saturated heterocycles. The van der Waals surface area contributed by atoms with Gasteiger partial charge in [0.15, 0.2) is 0 Å². The Morgan fingerprint density at radius 2 is 1.16 bits per heavy atom. The van der Waals surface area contributed by atoms with Gasteiger partial charge in [-0.15, -0.1) is 0 Å². The number of nitrogens with two attached hydrogens (primary N) is 2. The smallest absolute Gasteiger partial charge is 0.294 e. The molecule has 162 valence electrons. The molecule has 0 saturated carbocycles. The predicted molar refractivity (Wildman–Crippen MR) is 115 cm³/mol. The summed E-state index contributed by atoms with van der Waals surface area (Å²) >= 11 is 0. The maximum atomic E-state index is 12.5. The van der Waals surface area contributed by atoms with E-state index in [0.717, 1.165) is 12.1 Å². The van der Waals surface area contributed by atoms with Gasteiger partial charge >= 0.3 is 0 Å². The number of rotatable bonds is 6. The normalized spacial score (nSPS) is 10.2. The summed E-state index contributed by atoms with van der Waals surface area (Å²) in [6, 6.07) is 11.6. The Hall–Kier alpha value is -5.07. The number of nitro benzene ring substituents is 2. The molecule has 0 spiro atoms. The molecule has 6 N–H and O–H groups in total. The van der Waals surface area contributed by atoms with Crippen LogP contribution in [0.15, 0.2) is 54.6 Å². The van der Waals surface area contributed by atoms with Crippen molar-refractivity contribution in [2.45, 2.75) is 0 Å².